The van der Waals surface area contributed by atoms with Crippen molar-refractivity contribution in [3.63, 3.8) is 0 Å². The van der Waals surface area contributed by atoms with E-state index in [1.54, 1.807) is 0 Å². The zero-order valence-corrected chi connectivity index (χ0v) is 17.9. The van der Waals surface area contributed by atoms with E-state index < -0.39 is 33.9 Å². The second-order valence-electron chi connectivity index (χ2n) is 6.68. The summed E-state index contributed by atoms with van der Waals surface area (Å²) in [6, 6.07) is 7.22. The van der Waals surface area contributed by atoms with E-state index in [1.165, 1.54) is 30.4 Å². The summed E-state index contributed by atoms with van der Waals surface area (Å²) < 4.78 is 46.2. The number of amides is 2. The molecule has 1 saturated heterocycles. The van der Waals surface area contributed by atoms with Crippen molar-refractivity contribution in [2.45, 2.75) is 31.0 Å². The maximum atomic E-state index is 13.5. The molecular weight excluding hydrogens is 433 g/mol. The smallest absolute Gasteiger partial charge is 0.309 e. The molecule has 0 aliphatic carbocycles. The fourth-order valence-electron chi connectivity index (χ4n) is 2.94. The summed E-state index contributed by atoms with van der Waals surface area (Å²) in [6.07, 6.45) is -0.492. The predicted octanol–water partition coefficient (Wildman–Crippen LogP) is 1.37. The molecule has 2 amide bonds. The first-order valence-corrected chi connectivity index (χ1v) is 11.6. The maximum absolute atomic E-state index is 13.5. The lowest BCUT2D eigenvalue weighted by Gasteiger charge is -2.34. The van der Waals surface area contributed by atoms with Crippen molar-refractivity contribution in [3.8, 4) is 0 Å². The van der Waals surface area contributed by atoms with Gasteiger partial charge in [0.2, 0.25) is 10.0 Å². The Balaban J connectivity index is 1.63. The number of halogens is 1. The van der Waals surface area contributed by atoms with Crippen molar-refractivity contribution in [3.05, 3.63) is 52.0 Å². The summed E-state index contributed by atoms with van der Waals surface area (Å²) >= 11 is 1.45. The van der Waals surface area contributed by atoms with Crippen LogP contribution in [0.4, 0.5) is 4.39 Å². The lowest BCUT2D eigenvalue weighted by Crippen LogP contribution is -2.53. The number of nitrogens with zero attached hydrogens (tertiary/aromatic N) is 1. The van der Waals surface area contributed by atoms with Gasteiger partial charge < -0.3 is 15.4 Å². The Bertz CT molecular complexity index is 1010. The first kappa shape index (κ1) is 22.3. The van der Waals surface area contributed by atoms with Crippen molar-refractivity contribution >= 4 is 33.2 Å². The molecule has 30 heavy (non-hydrogen) atoms. The summed E-state index contributed by atoms with van der Waals surface area (Å²) in [5.74, 6) is -2.19. The average molecular weight is 456 g/mol. The quantitative estimate of drug-likeness (QED) is 0.640. The first-order chi connectivity index (χ1) is 14.3. The maximum Gasteiger partial charge on any atom is 0.309 e. The molecule has 2 N–H and O–H groups in total. The standard InChI is InChI=1S/C19H22FN3O5S2/c1-13-10-15(5-6-16(13)20)30(26,27)23-7-3-8-28-17(23)12-22-19(25)18(24)21-11-14-4-2-9-29-14/h2,4-6,9-10,17H,3,7-8,11-12H2,1H3,(H,21,24)(H,22,25)/t17-/m0/s1. The number of rotatable bonds is 6. The Morgan fingerprint density at radius 1 is 1.27 bits per heavy atom. The van der Waals surface area contributed by atoms with E-state index in [0.29, 0.717) is 13.0 Å². The topological polar surface area (TPSA) is 105 Å². The number of nitrogens with one attached hydrogen (secondary N) is 2. The molecule has 3 rings (SSSR count). The summed E-state index contributed by atoms with van der Waals surface area (Å²) in [4.78, 5) is 24.9. The van der Waals surface area contributed by atoms with E-state index in [0.717, 1.165) is 15.2 Å². The lowest BCUT2D eigenvalue weighted by atomic mass is 10.2. The Hall–Kier alpha value is -2.34. The molecule has 1 aliphatic rings. The number of hydrogen-bond donors (Lipinski definition) is 2. The highest BCUT2D eigenvalue weighted by molar-refractivity contribution is 7.89. The molecule has 0 spiro atoms. The van der Waals surface area contributed by atoms with E-state index in [9.17, 15) is 22.4 Å². The zero-order valence-electron chi connectivity index (χ0n) is 16.3. The third kappa shape index (κ3) is 5.22. The molecular formula is C19H22FN3O5S2. The van der Waals surface area contributed by atoms with Crippen LogP contribution in [0.3, 0.4) is 0 Å². The van der Waals surface area contributed by atoms with E-state index in [1.807, 2.05) is 17.5 Å². The Morgan fingerprint density at radius 3 is 2.73 bits per heavy atom. The normalized spacial score (nSPS) is 17.5. The number of aryl methyl sites for hydroxylation is 1. The molecule has 2 heterocycles. The van der Waals surface area contributed by atoms with Gasteiger partial charge in [0, 0.05) is 11.4 Å². The molecule has 0 bridgehead atoms. The van der Waals surface area contributed by atoms with Gasteiger partial charge >= 0.3 is 11.8 Å². The minimum atomic E-state index is -3.97. The Morgan fingerprint density at radius 2 is 2.03 bits per heavy atom. The van der Waals surface area contributed by atoms with Gasteiger partial charge in [0.25, 0.3) is 0 Å². The molecule has 1 aliphatic heterocycles. The third-order valence-electron chi connectivity index (χ3n) is 4.54. The van der Waals surface area contributed by atoms with Crippen molar-refractivity contribution in [2.75, 3.05) is 19.7 Å². The largest absolute Gasteiger partial charge is 0.360 e. The van der Waals surface area contributed by atoms with Crippen LogP contribution in [0.15, 0.2) is 40.6 Å². The van der Waals surface area contributed by atoms with Gasteiger partial charge in [-0.25, -0.2) is 12.8 Å². The number of ether oxygens (including phenoxy) is 1. The fourth-order valence-corrected chi connectivity index (χ4v) is 5.23. The van der Waals surface area contributed by atoms with Crippen LogP contribution in [-0.2, 0) is 30.9 Å². The predicted molar refractivity (Wildman–Crippen MR) is 109 cm³/mol. The van der Waals surface area contributed by atoms with Crippen molar-refractivity contribution in [1.29, 1.82) is 0 Å². The van der Waals surface area contributed by atoms with Gasteiger partial charge in [-0.15, -0.1) is 11.3 Å². The van der Waals surface area contributed by atoms with Crippen LogP contribution in [0.2, 0.25) is 0 Å². The molecule has 1 atom stereocenters. The van der Waals surface area contributed by atoms with Gasteiger partial charge in [-0.3, -0.25) is 9.59 Å². The first-order valence-electron chi connectivity index (χ1n) is 9.27. The van der Waals surface area contributed by atoms with Gasteiger partial charge in [0.15, 0.2) is 0 Å². The fraction of sp³-hybridized carbons (Fsp3) is 0.368. The van der Waals surface area contributed by atoms with Gasteiger partial charge in [-0.1, -0.05) is 6.07 Å². The highest BCUT2D eigenvalue weighted by Crippen LogP contribution is 2.23. The third-order valence-corrected chi connectivity index (χ3v) is 7.30. The molecule has 11 heteroatoms. The van der Waals surface area contributed by atoms with Crippen LogP contribution in [0.5, 0.6) is 0 Å². The SMILES string of the molecule is Cc1cc(S(=O)(=O)N2CCCO[C@H]2CNC(=O)C(=O)NCc2cccs2)ccc1F. The number of carbonyl (C=O) groups is 2. The summed E-state index contributed by atoms with van der Waals surface area (Å²) in [6.45, 7) is 2.02. The lowest BCUT2D eigenvalue weighted by molar-refractivity contribution is -0.140. The number of sulfonamides is 1. The van der Waals surface area contributed by atoms with Crippen LogP contribution in [0.25, 0.3) is 0 Å². The zero-order chi connectivity index (χ0) is 21.7. The molecule has 0 radical (unpaired) electrons. The van der Waals surface area contributed by atoms with Crippen LogP contribution in [0.1, 0.15) is 16.9 Å². The summed E-state index contributed by atoms with van der Waals surface area (Å²) in [5.41, 5.74) is 0.210. The minimum Gasteiger partial charge on any atom is -0.360 e. The van der Waals surface area contributed by atoms with Crippen LogP contribution in [0, 0.1) is 12.7 Å². The van der Waals surface area contributed by atoms with Gasteiger partial charge in [-0.05, 0) is 48.6 Å². The Labute approximate surface area is 178 Å². The average Bonchev–Trinajstić information content (AvgIpc) is 3.26. The van der Waals surface area contributed by atoms with Gasteiger partial charge in [0.05, 0.1) is 24.6 Å². The van der Waals surface area contributed by atoms with E-state index in [-0.39, 0.29) is 30.1 Å². The van der Waals surface area contributed by atoms with Crippen LogP contribution >= 0.6 is 11.3 Å². The van der Waals surface area contributed by atoms with Crippen molar-refractivity contribution in [2.24, 2.45) is 0 Å². The van der Waals surface area contributed by atoms with Crippen molar-refractivity contribution < 1.29 is 27.1 Å². The molecule has 1 aromatic heterocycles. The number of hydrogen-bond acceptors (Lipinski definition) is 6. The highest BCUT2D eigenvalue weighted by atomic mass is 32.2. The second-order valence-corrected chi connectivity index (χ2v) is 9.60. The molecule has 1 aromatic carbocycles. The molecule has 0 unspecified atom stereocenters. The Kier molecular flexibility index (Phi) is 7.19. The van der Waals surface area contributed by atoms with E-state index >= 15 is 0 Å². The van der Waals surface area contributed by atoms with Gasteiger partial charge in [-0.2, -0.15) is 4.31 Å². The highest BCUT2D eigenvalue weighted by Gasteiger charge is 2.35. The van der Waals surface area contributed by atoms with Crippen molar-refractivity contribution in [1.82, 2.24) is 14.9 Å². The summed E-state index contributed by atoms with van der Waals surface area (Å²) in [7, 11) is -3.97. The van der Waals surface area contributed by atoms with E-state index in [4.69, 9.17) is 4.74 Å². The number of thiophene rings is 1. The van der Waals surface area contributed by atoms with Crippen LogP contribution in [-0.4, -0.2) is 50.5 Å². The number of carbonyl (C=O) groups excluding carboxylic acids is 2. The van der Waals surface area contributed by atoms with Crippen LogP contribution < -0.4 is 10.6 Å². The van der Waals surface area contributed by atoms with E-state index in [2.05, 4.69) is 10.6 Å². The molecule has 162 valence electrons. The monoisotopic (exact) mass is 455 g/mol. The number of benzene rings is 1. The molecule has 1 fully saturated rings. The molecule has 0 saturated carbocycles. The summed E-state index contributed by atoms with van der Waals surface area (Å²) in [5, 5.41) is 6.78. The molecule has 2 aromatic rings. The minimum absolute atomic E-state index is 0.0584. The second kappa shape index (κ2) is 9.65. The molecule has 8 nitrogen and oxygen atoms in total. The van der Waals surface area contributed by atoms with Gasteiger partial charge in [0.1, 0.15) is 12.0 Å².